The van der Waals surface area contributed by atoms with Crippen LogP contribution in [0.25, 0.3) is 0 Å². The van der Waals surface area contributed by atoms with Gasteiger partial charge in [-0.2, -0.15) is 0 Å². The average Bonchev–Trinajstić information content (AvgIpc) is 3.20. The molecule has 1 aliphatic rings. The van der Waals surface area contributed by atoms with E-state index in [-0.39, 0.29) is 23.5 Å². The molecule has 0 aliphatic carbocycles. The van der Waals surface area contributed by atoms with Gasteiger partial charge in [0, 0.05) is 30.0 Å². The van der Waals surface area contributed by atoms with E-state index in [4.69, 9.17) is 0 Å². The predicted molar refractivity (Wildman–Crippen MR) is 105 cm³/mol. The number of nitrogens with one attached hydrogen (secondary N) is 1. The third kappa shape index (κ3) is 5.16. The molecule has 0 saturated carbocycles. The Kier molecular flexibility index (Phi) is 6.61. The molecule has 27 heavy (non-hydrogen) atoms. The molecule has 0 bridgehead atoms. The van der Waals surface area contributed by atoms with Crippen molar-refractivity contribution in [3.8, 4) is 0 Å². The van der Waals surface area contributed by atoms with Gasteiger partial charge in [0.25, 0.3) is 5.91 Å². The van der Waals surface area contributed by atoms with Crippen molar-refractivity contribution < 1.29 is 14.0 Å². The Morgan fingerprint density at radius 3 is 2.67 bits per heavy atom. The van der Waals surface area contributed by atoms with Crippen LogP contribution in [0, 0.1) is 17.7 Å². The number of carbonyl (C=O) groups excluding carboxylic acids is 2. The van der Waals surface area contributed by atoms with Crippen molar-refractivity contribution in [3.05, 3.63) is 58.0 Å². The number of benzene rings is 1. The molecule has 6 heteroatoms. The lowest BCUT2D eigenvalue weighted by molar-refractivity contribution is -0.123. The van der Waals surface area contributed by atoms with Gasteiger partial charge in [-0.15, -0.1) is 11.3 Å². The van der Waals surface area contributed by atoms with Crippen molar-refractivity contribution in [1.82, 2.24) is 10.2 Å². The zero-order valence-electron chi connectivity index (χ0n) is 15.5. The summed E-state index contributed by atoms with van der Waals surface area (Å²) >= 11 is 1.64. The van der Waals surface area contributed by atoms with Crippen LogP contribution in [0.5, 0.6) is 0 Å². The highest BCUT2D eigenvalue weighted by Crippen LogP contribution is 2.30. The van der Waals surface area contributed by atoms with E-state index in [1.807, 2.05) is 22.4 Å². The number of amides is 2. The van der Waals surface area contributed by atoms with E-state index in [0.717, 1.165) is 17.7 Å². The summed E-state index contributed by atoms with van der Waals surface area (Å²) < 4.78 is 13.1. The summed E-state index contributed by atoms with van der Waals surface area (Å²) in [4.78, 5) is 28.0. The predicted octanol–water partition coefficient (Wildman–Crippen LogP) is 4.08. The van der Waals surface area contributed by atoms with Gasteiger partial charge in [0.05, 0.1) is 6.54 Å². The summed E-state index contributed by atoms with van der Waals surface area (Å²) in [6.07, 6.45) is 2.25. The molecule has 1 aromatic carbocycles. The molecule has 2 atom stereocenters. The molecule has 1 aromatic heterocycles. The summed E-state index contributed by atoms with van der Waals surface area (Å²) in [5.74, 6) is 0.260. The van der Waals surface area contributed by atoms with Crippen molar-refractivity contribution in [3.63, 3.8) is 0 Å². The molecule has 0 spiro atoms. The molecule has 3 rings (SSSR count). The highest BCUT2D eigenvalue weighted by molar-refractivity contribution is 7.09. The van der Waals surface area contributed by atoms with E-state index < -0.39 is 0 Å². The fourth-order valence-electron chi connectivity index (χ4n) is 3.68. The number of halogens is 1. The van der Waals surface area contributed by atoms with Gasteiger partial charge in [-0.3, -0.25) is 9.59 Å². The SMILES string of the molecule is CC[C@@H]1CN(C(=O)c2ccc(F)cc2)CC[C@H]1CC(=O)NCc1cccs1. The van der Waals surface area contributed by atoms with Gasteiger partial charge >= 0.3 is 0 Å². The fourth-order valence-corrected chi connectivity index (χ4v) is 4.33. The third-order valence-corrected chi connectivity index (χ3v) is 6.16. The molecule has 1 N–H and O–H groups in total. The largest absolute Gasteiger partial charge is 0.351 e. The molecule has 4 nitrogen and oxygen atoms in total. The standard InChI is InChI=1S/C21H25FN2O2S/c1-2-15-14-24(21(26)16-5-7-18(22)8-6-16)10-9-17(15)12-20(25)23-13-19-4-3-11-27-19/h3-8,11,15,17H,2,9-10,12-14H2,1H3,(H,23,25)/t15-,17+/m1/s1. The summed E-state index contributed by atoms with van der Waals surface area (Å²) in [5.41, 5.74) is 0.512. The lowest BCUT2D eigenvalue weighted by atomic mass is 9.81. The molecule has 1 saturated heterocycles. The number of nitrogens with zero attached hydrogens (tertiary/aromatic N) is 1. The minimum atomic E-state index is -0.342. The second kappa shape index (κ2) is 9.13. The van der Waals surface area contributed by atoms with Crippen molar-refractivity contribution in [2.45, 2.75) is 32.7 Å². The highest BCUT2D eigenvalue weighted by Gasteiger charge is 2.32. The summed E-state index contributed by atoms with van der Waals surface area (Å²) in [6.45, 7) is 3.97. The number of likely N-dealkylation sites (tertiary alicyclic amines) is 1. The normalized spacial score (nSPS) is 19.7. The zero-order chi connectivity index (χ0) is 19.2. The number of hydrogen-bond donors (Lipinski definition) is 1. The lowest BCUT2D eigenvalue weighted by Crippen LogP contribution is -2.44. The first kappa shape index (κ1) is 19.5. The Morgan fingerprint density at radius 2 is 2.00 bits per heavy atom. The third-order valence-electron chi connectivity index (χ3n) is 5.28. The summed E-state index contributed by atoms with van der Waals surface area (Å²) in [6, 6.07) is 9.68. The van der Waals surface area contributed by atoms with E-state index in [1.165, 1.54) is 24.3 Å². The van der Waals surface area contributed by atoms with Gasteiger partial charge in [0.15, 0.2) is 0 Å². The van der Waals surface area contributed by atoms with Crippen molar-refractivity contribution in [1.29, 1.82) is 0 Å². The Bertz CT molecular complexity index is 761. The summed E-state index contributed by atoms with van der Waals surface area (Å²) in [7, 11) is 0. The maximum atomic E-state index is 13.1. The van der Waals surface area contributed by atoms with Gasteiger partial charge in [0.1, 0.15) is 5.82 Å². The van der Waals surface area contributed by atoms with Crippen LogP contribution in [0.3, 0.4) is 0 Å². The zero-order valence-corrected chi connectivity index (χ0v) is 16.3. The topological polar surface area (TPSA) is 49.4 Å². The number of thiophene rings is 1. The van der Waals surface area contributed by atoms with Gasteiger partial charge < -0.3 is 10.2 Å². The second-order valence-electron chi connectivity index (χ2n) is 7.04. The molecule has 2 amide bonds. The Balaban J connectivity index is 1.53. The molecule has 0 radical (unpaired) electrons. The van der Waals surface area contributed by atoms with E-state index >= 15 is 0 Å². The quantitative estimate of drug-likeness (QED) is 0.811. The van der Waals surface area contributed by atoms with Crippen molar-refractivity contribution in [2.75, 3.05) is 13.1 Å². The Labute approximate surface area is 163 Å². The maximum absolute atomic E-state index is 13.1. The van der Waals surface area contributed by atoms with Crippen LogP contribution in [-0.4, -0.2) is 29.8 Å². The van der Waals surface area contributed by atoms with Crippen molar-refractivity contribution >= 4 is 23.2 Å². The molecular weight excluding hydrogens is 363 g/mol. The minimum absolute atomic E-state index is 0.0611. The number of rotatable bonds is 6. The van der Waals surface area contributed by atoms with Crippen LogP contribution in [0.1, 0.15) is 41.4 Å². The van der Waals surface area contributed by atoms with Gasteiger partial charge in [0.2, 0.25) is 5.91 Å². The van der Waals surface area contributed by atoms with E-state index in [9.17, 15) is 14.0 Å². The lowest BCUT2D eigenvalue weighted by Gasteiger charge is -2.38. The first-order valence-electron chi connectivity index (χ1n) is 9.40. The van der Waals surface area contributed by atoms with E-state index in [0.29, 0.717) is 37.5 Å². The molecular formula is C21H25FN2O2S. The number of piperidine rings is 1. The molecule has 144 valence electrons. The van der Waals surface area contributed by atoms with Gasteiger partial charge in [-0.25, -0.2) is 4.39 Å². The smallest absolute Gasteiger partial charge is 0.253 e. The molecule has 2 aromatic rings. The van der Waals surface area contributed by atoms with E-state index in [1.54, 1.807) is 11.3 Å². The molecule has 2 heterocycles. The maximum Gasteiger partial charge on any atom is 0.253 e. The fraction of sp³-hybridized carbons (Fsp3) is 0.429. The average molecular weight is 389 g/mol. The highest BCUT2D eigenvalue weighted by atomic mass is 32.1. The van der Waals surface area contributed by atoms with Crippen LogP contribution < -0.4 is 5.32 Å². The van der Waals surface area contributed by atoms with Crippen LogP contribution in [0.2, 0.25) is 0 Å². The van der Waals surface area contributed by atoms with Crippen molar-refractivity contribution in [2.24, 2.45) is 11.8 Å². The Morgan fingerprint density at radius 1 is 1.22 bits per heavy atom. The molecule has 1 aliphatic heterocycles. The monoisotopic (exact) mass is 388 g/mol. The van der Waals surface area contributed by atoms with Crippen LogP contribution in [0.15, 0.2) is 41.8 Å². The second-order valence-corrected chi connectivity index (χ2v) is 8.07. The number of hydrogen-bond acceptors (Lipinski definition) is 3. The first-order valence-corrected chi connectivity index (χ1v) is 10.3. The summed E-state index contributed by atoms with van der Waals surface area (Å²) in [5, 5.41) is 5.00. The Hall–Kier alpha value is -2.21. The minimum Gasteiger partial charge on any atom is -0.351 e. The van der Waals surface area contributed by atoms with Crippen LogP contribution in [0.4, 0.5) is 4.39 Å². The van der Waals surface area contributed by atoms with Crippen LogP contribution in [-0.2, 0) is 11.3 Å². The first-order chi connectivity index (χ1) is 13.1. The number of carbonyl (C=O) groups is 2. The van der Waals surface area contributed by atoms with Gasteiger partial charge in [-0.05, 0) is 54.0 Å². The van der Waals surface area contributed by atoms with E-state index in [2.05, 4.69) is 12.2 Å². The molecule has 0 unspecified atom stereocenters. The van der Waals surface area contributed by atoms with Gasteiger partial charge in [-0.1, -0.05) is 19.4 Å². The van der Waals surface area contributed by atoms with Crippen LogP contribution >= 0.6 is 11.3 Å². The molecule has 1 fully saturated rings.